The molecule has 17 heavy (non-hydrogen) atoms. The van der Waals surface area contributed by atoms with Crippen molar-refractivity contribution in [1.29, 1.82) is 0 Å². The van der Waals surface area contributed by atoms with E-state index in [1.165, 1.54) is 0 Å². The van der Waals surface area contributed by atoms with E-state index in [-0.39, 0.29) is 0 Å². The molecule has 0 bridgehead atoms. The summed E-state index contributed by atoms with van der Waals surface area (Å²) in [5.41, 5.74) is 2.52. The molecule has 0 amide bonds. The minimum Gasteiger partial charge on any atom is -0.233 e. The molecule has 1 aromatic heterocycles. The monoisotopic (exact) mass is 330 g/mol. The molecular formula is C12H9BrCl2N2. The Labute approximate surface area is 118 Å². The quantitative estimate of drug-likeness (QED) is 0.699. The van der Waals surface area contributed by atoms with Gasteiger partial charge in [0, 0.05) is 21.3 Å². The normalized spacial score (nSPS) is 10.6. The van der Waals surface area contributed by atoms with E-state index in [9.17, 15) is 0 Å². The maximum Gasteiger partial charge on any atom is 0.162 e. The maximum absolute atomic E-state index is 6.13. The molecule has 0 saturated heterocycles. The van der Waals surface area contributed by atoms with Crippen molar-refractivity contribution in [3.63, 3.8) is 0 Å². The largest absolute Gasteiger partial charge is 0.233 e. The predicted molar refractivity (Wildman–Crippen MR) is 74.7 cm³/mol. The van der Waals surface area contributed by atoms with Crippen LogP contribution >= 0.6 is 39.1 Å². The van der Waals surface area contributed by atoms with Crippen molar-refractivity contribution in [2.75, 3.05) is 0 Å². The lowest BCUT2D eigenvalue weighted by molar-refractivity contribution is 1.07. The van der Waals surface area contributed by atoms with Crippen LogP contribution in [0, 0.1) is 13.8 Å². The third-order valence-electron chi connectivity index (χ3n) is 2.50. The van der Waals surface area contributed by atoms with E-state index >= 15 is 0 Å². The zero-order chi connectivity index (χ0) is 12.6. The molecule has 0 N–H and O–H groups in total. The number of nitrogens with zero attached hydrogens (tertiary/aromatic N) is 2. The molecule has 0 atom stereocenters. The van der Waals surface area contributed by atoms with Gasteiger partial charge in [0.25, 0.3) is 0 Å². The number of hydrogen-bond donors (Lipinski definition) is 0. The summed E-state index contributed by atoms with van der Waals surface area (Å²) in [5, 5.41) is 1.07. The second-order valence-corrected chi connectivity index (χ2v) is 5.35. The zero-order valence-electron chi connectivity index (χ0n) is 9.26. The topological polar surface area (TPSA) is 25.8 Å². The number of aromatic nitrogens is 2. The van der Waals surface area contributed by atoms with Crippen LogP contribution in [0.4, 0.5) is 0 Å². The minimum atomic E-state index is 0.462. The van der Waals surface area contributed by atoms with Crippen molar-refractivity contribution in [2.45, 2.75) is 13.8 Å². The van der Waals surface area contributed by atoms with Gasteiger partial charge in [-0.1, -0.05) is 39.1 Å². The van der Waals surface area contributed by atoms with E-state index in [4.69, 9.17) is 23.2 Å². The van der Waals surface area contributed by atoms with Gasteiger partial charge in [-0.25, -0.2) is 9.97 Å². The fourth-order valence-electron chi connectivity index (χ4n) is 1.38. The number of benzene rings is 1. The Morgan fingerprint density at radius 1 is 1.12 bits per heavy atom. The molecule has 0 fully saturated rings. The van der Waals surface area contributed by atoms with Crippen molar-refractivity contribution in [2.24, 2.45) is 0 Å². The second-order valence-electron chi connectivity index (χ2n) is 3.67. The molecular weight excluding hydrogens is 323 g/mol. The molecule has 2 rings (SSSR count). The van der Waals surface area contributed by atoms with Crippen LogP contribution in [0.1, 0.15) is 11.3 Å². The third-order valence-corrected chi connectivity index (χ3v) is 3.69. The lowest BCUT2D eigenvalue weighted by Gasteiger charge is -2.07. The molecule has 88 valence electrons. The number of aryl methyl sites for hydroxylation is 1. The molecule has 1 aromatic carbocycles. The fraction of sp³-hybridized carbons (Fsp3) is 0.167. The molecule has 0 radical (unpaired) electrons. The zero-order valence-corrected chi connectivity index (χ0v) is 12.4. The Morgan fingerprint density at radius 3 is 2.47 bits per heavy atom. The van der Waals surface area contributed by atoms with Crippen molar-refractivity contribution < 1.29 is 0 Å². The molecule has 0 saturated carbocycles. The lowest BCUT2D eigenvalue weighted by atomic mass is 10.2. The molecule has 2 aromatic rings. The Kier molecular flexibility index (Phi) is 3.71. The average Bonchev–Trinajstić information content (AvgIpc) is 2.28. The van der Waals surface area contributed by atoms with Crippen LogP contribution in [0.5, 0.6) is 0 Å². The van der Waals surface area contributed by atoms with E-state index in [0.29, 0.717) is 16.0 Å². The molecule has 0 spiro atoms. The van der Waals surface area contributed by atoms with Crippen molar-refractivity contribution in [1.82, 2.24) is 9.97 Å². The molecule has 5 heteroatoms. The van der Waals surface area contributed by atoms with Crippen LogP contribution in [-0.2, 0) is 0 Å². The van der Waals surface area contributed by atoms with Crippen molar-refractivity contribution >= 4 is 39.1 Å². The highest BCUT2D eigenvalue weighted by atomic mass is 79.9. The first kappa shape index (κ1) is 12.8. The molecule has 0 aliphatic heterocycles. The smallest absolute Gasteiger partial charge is 0.162 e. The first-order chi connectivity index (χ1) is 7.99. The molecule has 0 aliphatic rings. The second kappa shape index (κ2) is 4.92. The summed E-state index contributed by atoms with van der Waals surface area (Å²) in [6.45, 7) is 3.79. The Balaban J connectivity index is 2.64. The number of halogens is 3. The van der Waals surface area contributed by atoms with Gasteiger partial charge in [-0.3, -0.25) is 0 Å². The summed E-state index contributed by atoms with van der Waals surface area (Å²) in [5.74, 6) is 0.546. The van der Waals surface area contributed by atoms with Gasteiger partial charge in [-0.05, 0) is 32.0 Å². The van der Waals surface area contributed by atoms with E-state index < -0.39 is 0 Å². The van der Waals surface area contributed by atoms with E-state index in [2.05, 4.69) is 25.9 Å². The number of rotatable bonds is 1. The van der Waals surface area contributed by atoms with Gasteiger partial charge in [-0.2, -0.15) is 0 Å². The minimum absolute atomic E-state index is 0.462. The van der Waals surface area contributed by atoms with E-state index in [1.807, 2.05) is 26.0 Å². The predicted octanol–water partition coefficient (Wildman–Crippen LogP) is 4.83. The van der Waals surface area contributed by atoms with Crippen LogP contribution in [-0.4, -0.2) is 9.97 Å². The molecule has 0 aliphatic carbocycles. The summed E-state index contributed by atoms with van der Waals surface area (Å²) in [7, 11) is 0. The Bertz CT molecular complexity index is 562. The van der Waals surface area contributed by atoms with Crippen molar-refractivity contribution in [3.05, 3.63) is 44.1 Å². The summed E-state index contributed by atoms with van der Waals surface area (Å²) >= 11 is 15.6. The maximum atomic E-state index is 6.13. The van der Waals surface area contributed by atoms with Gasteiger partial charge in [0.05, 0.1) is 5.02 Å². The molecule has 1 heterocycles. The summed E-state index contributed by atoms with van der Waals surface area (Å²) in [6, 6.07) is 5.55. The first-order valence-corrected chi connectivity index (χ1v) is 6.50. The highest BCUT2D eigenvalue weighted by Gasteiger charge is 2.11. The van der Waals surface area contributed by atoms with Crippen LogP contribution in [0.15, 0.2) is 22.7 Å². The molecule has 2 nitrogen and oxygen atoms in total. The lowest BCUT2D eigenvalue weighted by Crippen LogP contribution is -1.97. The summed E-state index contributed by atoms with van der Waals surface area (Å²) in [4.78, 5) is 8.66. The Morgan fingerprint density at radius 2 is 1.82 bits per heavy atom. The van der Waals surface area contributed by atoms with Crippen LogP contribution in [0.25, 0.3) is 11.4 Å². The van der Waals surface area contributed by atoms with Gasteiger partial charge in [0.15, 0.2) is 5.82 Å². The number of hydrogen-bond acceptors (Lipinski definition) is 2. The van der Waals surface area contributed by atoms with E-state index in [1.54, 1.807) is 6.07 Å². The summed E-state index contributed by atoms with van der Waals surface area (Å²) in [6.07, 6.45) is 0. The SMILES string of the molecule is Cc1nc(-c2cc(Br)ccc2Cl)nc(Cl)c1C. The van der Waals surface area contributed by atoms with E-state index in [0.717, 1.165) is 21.3 Å². The fourth-order valence-corrected chi connectivity index (χ4v) is 2.16. The first-order valence-electron chi connectivity index (χ1n) is 4.95. The highest BCUT2D eigenvalue weighted by Crippen LogP contribution is 2.30. The van der Waals surface area contributed by atoms with Gasteiger partial charge < -0.3 is 0 Å². The van der Waals surface area contributed by atoms with Crippen molar-refractivity contribution in [3.8, 4) is 11.4 Å². The Hall–Kier alpha value is -0.640. The van der Waals surface area contributed by atoms with Crippen LogP contribution in [0.3, 0.4) is 0 Å². The van der Waals surface area contributed by atoms with Gasteiger partial charge in [0.2, 0.25) is 0 Å². The average molecular weight is 332 g/mol. The highest BCUT2D eigenvalue weighted by molar-refractivity contribution is 9.10. The van der Waals surface area contributed by atoms with Gasteiger partial charge in [0.1, 0.15) is 5.15 Å². The third kappa shape index (κ3) is 2.62. The molecule has 0 unspecified atom stereocenters. The van der Waals surface area contributed by atoms with Gasteiger partial charge >= 0.3 is 0 Å². The standard InChI is InChI=1S/C12H9BrCl2N2/c1-6-7(2)16-12(17-11(6)15)9-5-8(13)3-4-10(9)14/h3-5H,1-2H3. The van der Waals surface area contributed by atoms with Crippen LogP contribution < -0.4 is 0 Å². The summed E-state index contributed by atoms with van der Waals surface area (Å²) < 4.78 is 0.926. The van der Waals surface area contributed by atoms with Crippen LogP contribution in [0.2, 0.25) is 10.2 Å². The van der Waals surface area contributed by atoms with Gasteiger partial charge in [-0.15, -0.1) is 0 Å².